The van der Waals surface area contributed by atoms with E-state index in [1.807, 2.05) is 4.90 Å². The van der Waals surface area contributed by atoms with Crippen molar-refractivity contribution in [2.45, 2.75) is 25.3 Å². The maximum Gasteiger partial charge on any atom is 0.253 e. The molecule has 4 aromatic heterocycles. The van der Waals surface area contributed by atoms with Gasteiger partial charge in [-0.2, -0.15) is 0 Å². The third-order valence-corrected chi connectivity index (χ3v) is 10.8. The first-order valence-electron chi connectivity index (χ1n) is 16.3. The molecule has 7 aromatic rings. The van der Waals surface area contributed by atoms with Gasteiger partial charge in [-0.1, -0.05) is 6.07 Å². The van der Waals surface area contributed by atoms with E-state index in [4.69, 9.17) is 20.1 Å². The number of pyridine rings is 1. The molecule has 0 saturated carbocycles. The zero-order chi connectivity index (χ0) is 36.7. The van der Waals surface area contributed by atoms with Gasteiger partial charge in [0.15, 0.2) is 0 Å². The lowest BCUT2D eigenvalue weighted by atomic mass is 10.0. The molecule has 1 aliphatic heterocycles. The molecule has 52 heavy (non-hydrogen) atoms. The molecular formula is C37H30F4N6O4S. The number of primary amides is 1. The highest BCUT2D eigenvalue weighted by Gasteiger charge is 2.34. The summed E-state index contributed by atoms with van der Waals surface area (Å²) in [5, 5.41) is 0.586. The van der Waals surface area contributed by atoms with Crippen LogP contribution in [0.2, 0.25) is 0 Å². The molecular weight excluding hydrogens is 701 g/mol. The zero-order valence-corrected chi connectivity index (χ0v) is 28.6. The van der Waals surface area contributed by atoms with Crippen molar-refractivity contribution >= 4 is 60.0 Å². The number of anilines is 1. The Morgan fingerprint density at radius 1 is 0.962 bits per heavy atom. The van der Waals surface area contributed by atoms with Crippen LogP contribution < -0.4 is 10.0 Å². The highest BCUT2D eigenvalue weighted by atomic mass is 32.2. The van der Waals surface area contributed by atoms with Gasteiger partial charge >= 0.3 is 0 Å². The highest BCUT2D eigenvalue weighted by Crippen LogP contribution is 2.41. The fraction of sp³-hybridized carbons (Fsp3) is 0.216. The van der Waals surface area contributed by atoms with Gasteiger partial charge in [-0.15, -0.1) is 0 Å². The maximum absolute atomic E-state index is 15.2. The number of nitrogens with two attached hydrogens (primary N) is 1. The average molecular weight is 731 g/mol. The number of benzene rings is 3. The minimum atomic E-state index is -3.84. The molecule has 15 heteroatoms. The van der Waals surface area contributed by atoms with E-state index in [1.54, 1.807) is 40.8 Å². The number of likely N-dealkylation sites (tertiary alicyclic amines) is 1. The summed E-state index contributed by atoms with van der Waals surface area (Å²) in [5.41, 5.74) is 8.99. The number of fused-ring (bicyclic) bond motifs is 6. The predicted octanol–water partition coefficient (Wildman–Crippen LogP) is 7.12. The Labute approximate surface area is 294 Å². The van der Waals surface area contributed by atoms with Crippen LogP contribution in [0, 0.1) is 11.6 Å². The van der Waals surface area contributed by atoms with Crippen LogP contribution in [0.5, 0.6) is 0 Å². The number of halogens is 4. The summed E-state index contributed by atoms with van der Waals surface area (Å²) in [6.07, 6.45) is 0.489. The topological polar surface area (TPSA) is 127 Å². The Morgan fingerprint density at radius 2 is 1.69 bits per heavy atom. The molecule has 0 radical (unpaired) electrons. The summed E-state index contributed by atoms with van der Waals surface area (Å²) in [4.78, 5) is 24.6. The van der Waals surface area contributed by atoms with E-state index >= 15 is 4.39 Å². The summed E-state index contributed by atoms with van der Waals surface area (Å²) >= 11 is 0. The van der Waals surface area contributed by atoms with Gasteiger partial charge in [0.1, 0.15) is 34.3 Å². The van der Waals surface area contributed by atoms with Crippen LogP contribution >= 0.6 is 0 Å². The van der Waals surface area contributed by atoms with Gasteiger partial charge < -0.3 is 10.2 Å². The zero-order valence-electron chi connectivity index (χ0n) is 27.8. The number of carbonyl (C=O) groups is 1. The van der Waals surface area contributed by atoms with Gasteiger partial charge in [-0.05, 0) is 60.7 Å². The Hall–Kier alpha value is -5.54. The van der Waals surface area contributed by atoms with Crippen LogP contribution in [0.25, 0.3) is 61.0 Å². The first-order valence-corrected chi connectivity index (χ1v) is 18.1. The molecule has 5 heterocycles. The van der Waals surface area contributed by atoms with Crippen molar-refractivity contribution in [3.63, 3.8) is 0 Å². The molecule has 1 fully saturated rings. The summed E-state index contributed by atoms with van der Waals surface area (Å²) in [7, 11) is -2.47. The standard InChI is InChI=1S/C37H30F4N6O4S/c1-45(52(2,49)50)29-18-31-24(33(36(42)48)35(51-31)20-6-8-21(38)9-7-20)16-23(29)26-10-11-27-34(44-26)30-17-22-25(39)4-3-5-28(22)47(30)32(43-27)19-46-14-12-37(40,41)13-15-46/h3-11,16-18H,12-15,19H2,1-2H3,(H2,42,48). The van der Waals surface area contributed by atoms with Crippen LogP contribution in [0.3, 0.4) is 0 Å². The minimum Gasteiger partial charge on any atom is -0.455 e. The molecule has 0 spiro atoms. The van der Waals surface area contributed by atoms with Crippen LogP contribution in [-0.2, 0) is 16.6 Å². The molecule has 1 aliphatic rings. The second-order valence-electron chi connectivity index (χ2n) is 13.0. The fourth-order valence-electron chi connectivity index (χ4n) is 6.89. The normalized spacial score (nSPS) is 15.3. The summed E-state index contributed by atoms with van der Waals surface area (Å²) in [5.74, 6) is -3.91. The molecule has 3 aromatic carbocycles. The number of hydrogen-bond donors (Lipinski definition) is 1. The van der Waals surface area contributed by atoms with E-state index in [2.05, 4.69) is 0 Å². The molecule has 0 atom stereocenters. The number of nitrogens with zero attached hydrogens (tertiary/aromatic N) is 5. The van der Waals surface area contributed by atoms with Gasteiger partial charge in [0.05, 0.1) is 46.3 Å². The van der Waals surface area contributed by atoms with Crippen molar-refractivity contribution in [2.24, 2.45) is 5.73 Å². The minimum absolute atomic E-state index is 0.00898. The number of furan rings is 1. The monoisotopic (exact) mass is 730 g/mol. The molecule has 8 rings (SSSR count). The van der Waals surface area contributed by atoms with E-state index < -0.39 is 33.5 Å². The summed E-state index contributed by atoms with van der Waals surface area (Å²) < 4.78 is 91.6. The van der Waals surface area contributed by atoms with Gasteiger partial charge in [0, 0.05) is 60.9 Å². The number of amides is 1. The van der Waals surface area contributed by atoms with E-state index in [-0.39, 0.29) is 60.5 Å². The van der Waals surface area contributed by atoms with E-state index in [0.29, 0.717) is 50.1 Å². The second-order valence-corrected chi connectivity index (χ2v) is 15.0. The maximum atomic E-state index is 15.2. The number of aromatic nitrogens is 3. The molecule has 2 N–H and O–H groups in total. The van der Waals surface area contributed by atoms with Crippen LogP contribution in [-0.4, -0.2) is 65.9 Å². The lowest BCUT2D eigenvalue weighted by Gasteiger charge is -2.31. The van der Waals surface area contributed by atoms with Gasteiger partial charge in [-0.25, -0.2) is 35.9 Å². The SMILES string of the molecule is CN(c1cc2oc(-c3ccc(F)cc3)c(C(N)=O)c2cc1-c1ccc2nc(CN3CCC(F)(F)CC3)n3c4cccc(F)c4cc3c2n1)S(C)(=O)=O. The number of sulfonamides is 1. The Kier molecular flexibility index (Phi) is 7.77. The Bertz CT molecular complexity index is 2700. The highest BCUT2D eigenvalue weighted by molar-refractivity contribution is 7.92. The molecule has 266 valence electrons. The smallest absolute Gasteiger partial charge is 0.253 e. The lowest BCUT2D eigenvalue weighted by Crippen LogP contribution is -2.39. The quantitative estimate of drug-likeness (QED) is 0.173. The van der Waals surface area contributed by atoms with Crippen LogP contribution in [0.4, 0.5) is 23.2 Å². The van der Waals surface area contributed by atoms with Crippen LogP contribution in [0.1, 0.15) is 29.0 Å². The van der Waals surface area contributed by atoms with Crippen molar-refractivity contribution in [3.8, 4) is 22.6 Å². The number of alkyl halides is 2. The van der Waals surface area contributed by atoms with Crippen molar-refractivity contribution in [3.05, 3.63) is 95.8 Å². The molecule has 1 saturated heterocycles. The average Bonchev–Trinajstić information content (AvgIpc) is 3.68. The number of carbonyl (C=O) groups excluding carboxylic acids is 1. The molecule has 0 unspecified atom stereocenters. The number of piperidine rings is 1. The summed E-state index contributed by atoms with van der Waals surface area (Å²) in [6.45, 7) is 0.571. The van der Waals surface area contributed by atoms with Crippen molar-refractivity contribution in [1.82, 2.24) is 19.3 Å². The van der Waals surface area contributed by atoms with Crippen LogP contribution in [0.15, 0.2) is 77.2 Å². The molecule has 0 bridgehead atoms. The molecule has 10 nitrogen and oxygen atoms in total. The van der Waals surface area contributed by atoms with Crippen molar-refractivity contribution < 1.29 is 35.2 Å². The third kappa shape index (κ3) is 5.69. The number of hydrogen-bond acceptors (Lipinski definition) is 7. The van der Waals surface area contributed by atoms with Gasteiger partial charge in [0.25, 0.3) is 11.8 Å². The third-order valence-electron chi connectivity index (χ3n) is 9.64. The van der Waals surface area contributed by atoms with Gasteiger partial charge in [-0.3, -0.25) is 18.4 Å². The largest absolute Gasteiger partial charge is 0.455 e. The molecule has 1 amide bonds. The lowest BCUT2D eigenvalue weighted by molar-refractivity contribution is -0.0570. The molecule has 0 aliphatic carbocycles. The predicted molar refractivity (Wildman–Crippen MR) is 190 cm³/mol. The number of rotatable bonds is 7. The Morgan fingerprint density at radius 3 is 2.38 bits per heavy atom. The van der Waals surface area contributed by atoms with E-state index in [1.165, 1.54) is 43.4 Å². The van der Waals surface area contributed by atoms with E-state index in [0.717, 1.165) is 10.6 Å². The fourth-order valence-corrected chi connectivity index (χ4v) is 7.39. The second kappa shape index (κ2) is 12.0. The first kappa shape index (κ1) is 33.6. The van der Waals surface area contributed by atoms with Gasteiger partial charge in [0.2, 0.25) is 10.0 Å². The Balaban J connectivity index is 1.36. The van der Waals surface area contributed by atoms with Crippen molar-refractivity contribution in [1.29, 1.82) is 0 Å². The first-order chi connectivity index (χ1) is 24.7. The summed E-state index contributed by atoms with van der Waals surface area (Å²) in [6, 6.07) is 18.0. The van der Waals surface area contributed by atoms with E-state index in [9.17, 15) is 26.4 Å². The van der Waals surface area contributed by atoms with Crippen molar-refractivity contribution in [2.75, 3.05) is 30.7 Å².